The van der Waals surface area contributed by atoms with Gasteiger partial charge in [0, 0.05) is 5.54 Å². The van der Waals surface area contributed by atoms with Gasteiger partial charge in [-0.25, -0.2) is 4.79 Å². The van der Waals surface area contributed by atoms with E-state index >= 15 is 0 Å². The van der Waals surface area contributed by atoms with Gasteiger partial charge in [-0.2, -0.15) is 0 Å². The van der Waals surface area contributed by atoms with E-state index in [1.165, 1.54) is 0 Å². The fourth-order valence-electron chi connectivity index (χ4n) is 1.56. The molecule has 3 nitrogen and oxygen atoms in total. The summed E-state index contributed by atoms with van der Waals surface area (Å²) in [5.41, 5.74) is 2.43. The van der Waals surface area contributed by atoms with Crippen molar-refractivity contribution >= 4 is 23.3 Å². The van der Waals surface area contributed by atoms with Crippen LogP contribution in [0.15, 0.2) is 12.1 Å². The van der Waals surface area contributed by atoms with Crippen molar-refractivity contribution in [2.75, 3.05) is 5.32 Å². The van der Waals surface area contributed by atoms with E-state index in [2.05, 4.69) is 10.6 Å². The van der Waals surface area contributed by atoms with Crippen LogP contribution in [0.3, 0.4) is 0 Å². The van der Waals surface area contributed by atoms with Crippen LogP contribution < -0.4 is 10.6 Å². The number of carbonyl (C=O) groups is 1. The average Bonchev–Trinajstić information content (AvgIpc) is 2.08. The largest absolute Gasteiger partial charge is 0.333 e. The summed E-state index contributed by atoms with van der Waals surface area (Å²) >= 11 is 6.11. The average molecular weight is 255 g/mol. The molecule has 0 aliphatic rings. The van der Waals surface area contributed by atoms with Crippen LogP contribution in [0.1, 0.15) is 31.9 Å². The van der Waals surface area contributed by atoms with Gasteiger partial charge in [0.05, 0.1) is 10.7 Å². The number of aryl methyl sites for hydroxylation is 2. The number of rotatable bonds is 1. The SMILES string of the molecule is Cc1cc(C)c(NC(=O)NC(C)(C)C)c(Cl)c1. The zero-order valence-electron chi connectivity index (χ0n) is 10.9. The lowest BCUT2D eigenvalue weighted by Gasteiger charge is -2.21. The highest BCUT2D eigenvalue weighted by Gasteiger charge is 2.15. The van der Waals surface area contributed by atoms with E-state index in [-0.39, 0.29) is 11.6 Å². The van der Waals surface area contributed by atoms with Gasteiger partial charge < -0.3 is 10.6 Å². The molecule has 1 aromatic carbocycles. The Balaban J connectivity index is 2.86. The number of hydrogen-bond donors (Lipinski definition) is 2. The molecule has 0 saturated heterocycles. The van der Waals surface area contributed by atoms with Gasteiger partial charge in [-0.1, -0.05) is 17.7 Å². The zero-order chi connectivity index (χ0) is 13.2. The Hall–Kier alpha value is -1.22. The van der Waals surface area contributed by atoms with Gasteiger partial charge in [0.15, 0.2) is 0 Å². The number of amides is 2. The third kappa shape index (κ3) is 4.27. The summed E-state index contributed by atoms with van der Waals surface area (Å²) in [6, 6.07) is 3.58. The summed E-state index contributed by atoms with van der Waals surface area (Å²) in [5.74, 6) is 0. The maximum absolute atomic E-state index is 11.7. The molecule has 0 saturated carbocycles. The predicted octanol–water partition coefficient (Wildman–Crippen LogP) is 3.88. The van der Waals surface area contributed by atoms with Gasteiger partial charge >= 0.3 is 6.03 Å². The molecule has 0 atom stereocenters. The highest BCUT2D eigenvalue weighted by atomic mass is 35.5. The van der Waals surface area contributed by atoms with E-state index in [1.807, 2.05) is 46.8 Å². The molecule has 1 rings (SSSR count). The fourth-order valence-corrected chi connectivity index (χ4v) is 1.93. The first-order chi connectivity index (χ1) is 7.69. The zero-order valence-corrected chi connectivity index (χ0v) is 11.7. The van der Waals surface area contributed by atoms with Crippen LogP contribution >= 0.6 is 11.6 Å². The maximum atomic E-state index is 11.7. The molecule has 17 heavy (non-hydrogen) atoms. The minimum Gasteiger partial charge on any atom is -0.333 e. The van der Waals surface area contributed by atoms with Gasteiger partial charge in [-0.15, -0.1) is 0 Å². The summed E-state index contributed by atoms with van der Waals surface area (Å²) in [4.78, 5) is 11.7. The molecule has 2 amide bonds. The normalized spacial score (nSPS) is 11.2. The predicted molar refractivity (Wildman–Crippen MR) is 72.8 cm³/mol. The highest BCUT2D eigenvalue weighted by Crippen LogP contribution is 2.27. The Bertz CT molecular complexity index is 413. The molecule has 0 fully saturated rings. The maximum Gasteiger partial charge on any atom is 0.319 e. The molecule has 0 unspecified atom stereocenters. The van der Waals surface area contributed by atoms with Gasteiger partial charge in [0.25, 0.3) is 0 Å². The van der Waals surface area contributed by atoms with Crippen molar-refractivity contribution in [3.8, 4) is 0 Å². The van der Waals surface area contributed by atoms with Crippen LogP contribution in [-0.4, -0.2) is 11.6 Å². The topological polar surface area (TPSA) is 41.1 Å². The number of halogens is 1. The molecule has 2 N–H and O–H groups in total. The van der Waals surface area contributed by atoms with Crippen LogP contribution in [-0.2, 0) is 0 Å². The minimum atomic E-state index is -0.269. The summed E-state index contributed by atoms with van der Waals surface area (Å²) in [7, 11) is 0. The van der Waals surface area contributed by atoms with E-state index in [1.54, 1.807) is 0 Å². The second-order valence-corrected chi connectivity index (χ2v) is 5.67. The molecule has 0 bridgehead atoms. The Morgan fingerprint density at radius 2 is 1.82 bits per heavy atom. The molecule has 0 aliphatic heterocycles. The van der Waals surface area contributed by atoms with E-state index in [9.17, 15) is 4.79 Å². The molecule has 94 valence electrons. The molecule has 0 radical (unpaired) electrons. The van der Waals surface area contributed by atoms with Crippen LogP contribution in [0.25, 0.3) is 0 Å². The number of nitrogens with one attached hydrogen (secondary N) is 2. The third-order valence-corrected chi connectivity index (χ3v) is 2.46. The van der Waals surface area contributed by atoms with Crippen molar-refractivity contribution in [3.63, 3.8) is 0 Å². The Labute approximate surface area is 108 Å². The first kappa shape index (κ1) is 13.8. The van der Waals surface area contributed by atoms with E-state index in [0.29, 0.717) is 10.7 Å². The summed E-state index contributed by atoms with van der Waals surface area (Å²) < 4.78 is 0. The summed E-state index contributed by atoms with van der Waals surface area (Å²) in [6.07, 6.45) is 0. The van der Waals surface area contributed by atoms with Crippen molar-refractivity contribution in [3.05, 3.63) is 28.3 Å². The first-order valence-corrected chi connectivity index (χ1v) is 5.93. The molecule has 1 aromatic rings. The molecule has 0 aliphatic carbocycles. The molecule has 4 heteroatoms. The smallest absolute Gasteiger partial charge is 0.319 e. The summed E-state index contributed by atoms with van der Waals surface area (Å²) in [5, 5.41) is 6.17. The van der Waals surface area contributed by atoms with Crippen LogP contribution in [0.4, 0.5) is 10.5 Å². The van der Waals surface area contributed by atoms with Gasteiger partial charge in [-0.05, 0) is 51.8 Å². The van der Waals surface area contributed by atoms with Gasteiger partial charge in [0.1, 0.15) is 0 Å². The second kappa shape index (κ2) is 4.96. The molecular formula is C13H19ClN2O. The summed E-state index contributed by atoms with van der Waals surface area (Å²) in [6.45, 7) is 9.67. The number of hydrogen-bond acceptors (Lipinski definition) is 1. The molecular weight excluding hydrogens is 236 g/mol. The third-order valence-electron chi connectivity index (χ3n) is 2.16. The van der Waals surface area contributed by atoms with Crippen molar-refractivity contribution in [2.45, 2.75) is 40.2 Å². The molecule has 0 heterocycles. The number of carbonyl (C=O) groups excluding carboxylic acids is 1. The van der Waals surface area contributed by atoms with E-state index in [4.69, 9.17) is 11.6 Å². The van der Waals surface area contributed by atoms with Gasteiger partial charge in [0.2, 0.25) is 0 Å². The highest BCUT2D eigenvalue weighted by molar-refractivity contribution is 6.34. The molecule has 0 spiro atoms. The van der Waals surface area contributed by atoms with Crippen molar-refractivity contribution < 1.29 is 4.79 Å². The lowest BCUT2D eigenvalue weighted by Crippen LogP contribution is -2.43. The van der Waals surface area contributed by atoms with Gasteiger partial charge in [-0.3, -0.25) is 0 Å². The van der Waals surface area contributed by atoms with E-state index in [0.717, 1.165) is 11.1 Å². The Morgan fingerprint density at radius 3 is 2.29 bits per heavy atom. The van der Waals surface area contributed by atoms with Crippen molar-refractivity contribution in [1.82, 2.24) is 5.32 Å². The number of benzene rings is 1. The standard InChI is InChI=1S/C13H19ClN2O/c1-8-6-9(2)11(10(14)7-8)15-12(17)16-13(3,4)5/h6-7H,1-5H3,(H2,15,16,17). The van der Waals surface area contributed by atoms with Crippen molar-refractivity contribution in [2.24, 2.45) is 0 Å². The lowest BCUT2D eigenvalue weighted by molar-refractivity contribution is 0.244. The quantitative estimate of drug-likeness (QED) is 0.785. The second-order valence-electron chi connectivity index (χ2n) is 5.27. The Morgan fingerprint density at radius 1 is 1.24 bits per heavy atom. The van der Waals surface area contributed by atoms with Crippen LogP contribution in [0, 0.1) is 13.8 Å². The fraction of sp³-hybridized carbons (Fsp3) is 0.462. The minimum absolute atomic E-state index is 0.244. The molecule has 0 aromatic heterocycles. The number of urea groups is 1. The van der Waals surface area contributed by atoms with E-state index < -0.39 is 0 Å². The monoisotopic (exact) mass is 254 g/mol. The lowest BCUT2D eigenvalue weighted by atomic mass is 10.1. The number of anilines is 1. The Kier molecular flexibility index (Phi) is 4.04. The van der Waals surface area contributed by atoms with Crippen molar-refractivity contribution in [1.29, 1.82) is 0 Å². The first-order valence-electron chi connectivity index (χ1n) is 5.55. The van der Waals surface area contributed by atoms with Crippen LogP contribution in [0.5, 0.6) is 0 Å². The van der Waals surface area contributed by atoms with Crippen LogP contribution in [0.2, 0.25) is 5.02 Å².